The van der Waals surface area contributed by atoms with Crippen LogP contribution in [0.15, 0.2) is 24.3 Å². The predicted molar refractivity (Wildman–Crippen MR) is 46.5 cm³/mol. The summed E-state index contributed by atoms with van der Waals surface area (Å²) in [5, 5.41) is 6.93. The van der Waals surface area contributed by atoms with Crippen molar-refractivity contribution in [1.82, 2.24) is 10.6 Å². The quantitative estimate of drug-likeness (QED) is 0.523. The Kier molecular flexibility index (Phi) is 1.80. The number of rotatable bonds is 0. The Hall–Kier alpha value is -0.600. The van der Waals surface area contributed by atoms with Crippen LogP contribution in [0.2, 0.25) is 0 Å². The van der Waals surface area contributed by atoms with Crippen LogP contribution in [0, 0.1) is 0 Å². The molecular weight excluding hydrogens is 136 g/mol. The van der Waals surface area contributed by atoms with E-state index in [1.54, 1.807) is 0 Å². The minimum atomic E-state index is 0.229. The van der Waals surface area contributed by atoms with Gasteiger partial charge in [-0.05, 0) is 6.42 Å². The van der Waals surface area contributed by atoms with Crippen molar-refractivity contribution >= 4 is 0 Å². The van der Waals surface area contributed by atoms with Gasteiger partial charge in [0.05, 0.1) is 5.54 Å². The first-order valence-electron chi connectivity index (χ1n) is 4.21. The fraction of sp³-hybridized carbons (Fsp3) is 0.556. The van der Waals surface area contributed by atoms with Gasteiger partial charge in [-0.25, -0.2) is 0 Å². The van der Waals surface area contributed by atoms with E-state index in [1.165, 1.54) is 0 Å². The van der Waals surface area contributed by atoms with Gasteiger partial charge in [0.25, 0.3) is 0 Å². The second-order valence-corrected chi connectivity index (χ2v) is 3.25. The molecule has 2 rings (SSSR count). The molecular formula is C9H14N2. The van der Waals surface area contributed by atoms with Gasteiger partial charge in [-0.1, -0.05) is 24.3 Å². The van der Waals surface area contributed by atoms with Crippen LogP contribution in [0.25, 0.3) is 0 Å². The summed E-state index contributed by atoms with van der Waals surface area (Å²) < 4.78 is 0. The van der Waals surface area contributed by atoms with E-state index in [4.69, 9.17) is 0 Å². The summed E-state index contributed by atoms with van der Waals surface area (Å²) in [7, 11) is 0. The summed E-state index contributed by atoms with van der Waals surface area (Å²) in [4.78, 5) is 0. The normalized spacial score (nSPS) is 36.4. The van der Waals surface area contributed by atoms with Crippen LogP contribution in [0.4, 0.5) is 0 Å². The Balaban J connectivity index is 2.08. The molecule has 0 radical (unpaired) electrons. The van der Waals surface area contributed by atoms with E-state index in [0.29, 0.717) is 0 Å². The molecule has 0 aromatic heterocycles. The lowest BCUT2D eigenvalue weighted by Crippen LogP contribution is -2.58. The molecule has 1 saturated heterocycles. The molecule has 0 aromatic carbocycles. The highest BCUT2D eigenvalue weighted by molar-refractivity contribution is 5.22. The van der Waals surface area contributed by atoms with Crippen LogP contribution in [-0.4, -0.2) is 25.2 Å². The summed E-state index contributed by atoms with van der Waals surface area (Å²) in [6.45, 7) is 3.24. The first-order valence-corrected chi connectivity index (χ1v) is 4.21. The highest BCUT2D eigenvalue weighted by Gasteiger charge is 2.27. The SMILES string of the molecule is C1=CCC2(C=C1)CNCCN2. The van der Waals surface area contributed by atoms with Crippen molar-refractivity contribution in [2.45, 2.75) is 12.0 Å². The van der Waals surface area contributed by atoms with Gasteiger partial charge >= 0.3 is 0 Å². The Bertz CT molecular complexity index is 188. The lowest BCUT2D eigenvalue weighted by Gasteiger charge is -2.36. The summed E-state index contributed by atoms with van der Waals surface area (Å²) in [6.07, 6.45) is 9.85. The molecule has 1 aliphatic heterocycles. The third-order valence-corrected chi connectivity index (χ3v) is 2.36. The minimum absolute atomic E-state index is 0.229. The Morgan fingerprint density at radius 1 is 1.18 bits per heavy atom. The van der Waals surface area contributed by atoms with E-state index in [-0.39, 0.29) is 5.54 Å². The Labute approximate surface area is 67.4 Å². The van der Waals surface area contributed by atoms with Crippen LogP contribution in [0.5, 0.6) is 0 Å². The average Bonchev–Trinajstić information content (AvgIpc) is 2.07. The van der Waals surface area contributed by atoms with E-state index in [2.05, 4.69) is 34.9 Å². The summed E-state index contributed by atoms with van der Waals surface area (Å²) >= 11 is 0. The van der Waals surface area contributed by atoms with Crippen molar-refractivity contribution in [2.75, 3.05) is 19.6 Å². The van der Waals surface area contributed by atoms with Crippen LogP contribution in [-0.2, 0) is 0 Å². The smallest absolute Gasteiger partial charge is 0.0529 e. The number of allylic oxidation sites excluding steroid dienone is 2. The fourth-order valence-electron chi connectivity index (χ4n) is 1.70. The standard InChI is InChI=1S/C9H14N2/c1-2-4-9(5-3-1)8-10-6-7-11-9/h1-4,10-11H,5-8H2. The Morgan fingerprint density at radius 2 is 2.18 bits per heavy atom. The molecule has 11 heavy (non-hydrogen) atoms. The molecule has 1 heterocycles. The molecule has 60 valence electrons. The predicted octanol–water partition coefficient (Wildman–Crippen LogP) is 0.434. The molecule has 1 spiro atoms. The van der Waals surface area contributed by atoms with Crippen molar-refractivity contribution in [2.24, 2.45) is 0 Å². The van der Waals surface area contributed by atoms with Crippen molar-refractivity contribution in [3.05, 3.63) is 24.3 Å². The van der Waals surface area contributed by atoms with E-state index < -0.39 is 0 Å². The third-order valence-electron chi connectivity index (χ3n) is 2.36. The van der Waals surface area contributed by atoms with Crippen LogP contribution in [0.1, 0.15) is 6.42 Å². The van der Waals surface area contributed by atoms with Gasteiger partial charge in [0, 0.05) is 19.6 Å². The molecule has 0 amide bonds. The minimum Gasteiger partial charge on any atom is -0.313 e. The summed E-state index contributed by atoms with van der Waals surface area (Å²) in [5.74, 6) is 0. The first kappa shape index (κ1) is 7.07. The molecule has 2 N–H and O–H groups in total. The van der Waals surface area contributed by atoms with Gasteiger partial charge < -0.3 is 10.6 Å². The van der Waals surface area contributed by atoms with E-state index in [1.807, 2.05) is 0 Å². The highest BCUT2D eigenvalue weighted by Crippen LogP contribution is 2.17. The second-order valence-electron chi connectivity index (χ2n) is 3.25. The zero-order valence-corrected chi connectivity index (χ0v) is 6.64. The molecule has 0 saturated carbocycles. The van der Waals surface area contributed by atoms with Crippen LogP contribution in [0.3, 0.4) is 0 Å². The van der Waals surface area contributed by atoms with Gasteiger partial charge in [0.2, 0.25) is 0 Å². The number of hydrogen-bond acceptors (Lipinski definition) is 2. The third kappa shape index (κ3) is 1.37. The molecule has 0 bridgehead atoms. The molecule has 1 atom stereocenters. The Morgan fingerprint density at radius 3 is 2.82 bits per heavy atom. The lowest BCUT2D eigenvalue weighted by molar-refractivity contribution is 0.334. The molecule has 1 unspecified atom stereocenters. The topological polar surface area (TPSA) is 24.1 Å². The maximum absolute atomic E-state index is 3.53. The van der Waals surface area contributed by atoms with Crippen molar-refractivity contribution in [1.29, 1.82) is 0 Å². The summed E-state index contributed by atoms with van der Waals surface area (Å²) in [6, 6.07) is 0. The maximum atomic E-state index is 3.53. The first-order chi connectivity index (χ1) is 5.41. The van der Waals surface area contributed by atoms with Crippen LogP contribution >= 0.6 is 0 Å². The molecule has 2 heteroatoms. The largest absolute Gasteiger partial charge is 0.313 e. The van der Waals surface area contributed by atoms with E-state index >= 15 is 0 Å². The fourth-order valence-corrected chi connectivity index (χ4v) is 1.70. The van der Waals surface area contributed by atoms with Gasteiger partial charge in [-0.15, -0.1) is 0 Å². The van der Waals surface area contributed by atoms with Gasteiger partial charge in [0.15, 0.2) is 0 Å². The second kappa shape index (κ2) is 2.80. The molecule has 1 fully saturated rings. The monoisotopic (exact) mass is 150 g/mol. The van der Waals surface area contributed by atoms with Crippen LogP contribution < -0.4 is 10.6 Å². The van der Waals surface area contributed by atoms with Gasteiger partial charge in [-0.3, -0.25) is 0 Å². The van der Waals surface area contributed by atoms with Gasteiger partial charge in [0.1, 0.15) is 0 Å². The molecule has 0 aromatic rings. The maximum Gasteiger partial charge on any atom is 0.0529 e. The number of nitrogens with one attached hydrogen (secondary N) is 2. The molecule has 1 aliphatic carbocycles. The van der Waals surface area contributed by atoms with Crippen molar-refractivity contribution in [3.63, 3.8) is 0 Å². The number of hydrogen-bond donors (Lipinski definition) is 2. The average molecular weight is 150 g/mol. The van der Waals surface area contributed by atoms with E-state index in [9.17, 15) is 0 Å². The molecule has 2 aliphatic rings. The molecule has 2 nitrogen and oxygen atoms in total. The lowest BCUT2D eigenvalue weighted by atomic mass is 9.90. The summed E-state index contributed by atoms with van der Waals surface area (Å²) in [5.41, 5.74) is 0.229. The zero-order chi connectivity index (χ0) is 7.57. The zero-order valence-electron chi connectivity index (χ0n) is 6.64. The van der Waals surface area contributed by atoms with Gasteiger partial charge in [-0.2, -0.15) is 0 Å². The van der Waals surface area contributed by atoms with Crippen molar-refractivity contribution < 1.29 is 0 Å². The van der Waals surface area contributed by atoms with Crippen molar-refractivity contribution in [3.8, 4) is 0 Å². The number of piperazine rings is 1. The van der Waals surface area contributed by atoms with E-state index in [0.717, 1.165) is 26.1 Å². The highest BCUT2D eigenvalue weighted by atomic mass is 15.1.